The molecule has 0 saturated heterocycles. The maximum atomic E-state index is 11.9. The van der Waals surface area contributed by atoms with Crippen molar-refractivity contribution in [2.45, 2.75) is 118 Å². The first kappa shape index (κ1) is 38.6. The van der Waals surface area contributed by atoms with Gasteiger partial charge in [-0.25, -0.2) is 9.59 Å². The molecule has 0 heterocycles. The molecule has 0 amide bonds. The van der Waals surface area contributed by atoms with E-state index >= 15 is 0 Å². The Morgan fingerprint density at radius 1 is 0.958 bits per heavy atom. The van der Waals surface area contributed by atoms with Crippen LogP contribution in [0.2, 0.25) is 0 Å². The van der Waals surface area contributed by atoms with Crippen molar-refractivity contribution in [3.8, 4) is 0 Å². The summed E-state index contributed by atoms with van der Waals surface area (Å²) in [6.45, 7) is 22.4. The highest BCUT2D eigenvalue weighted by atomic mass is 16.5. The fourth-order valence-electron chi connectivity index (χ4n) is 10.1. The lowest BCUT2D eigenvalue weighted by atomic mass is 9.47. The highest BCUT2D eigenvalue weighted by molar-refractivity contribution is 5.87. The Labute approximate surface area is 291 Å². The molecule has 0 bridgehead atoms. The van der Waals surface area contributed by atoms with Gasteiger partial charge in [0.1, 0.15) is 0 Å². The van der Waals surface area contributed by atoms with Crippen molar-refractivity contribution >= 4 is 11.9 Å². The van der Waals surface area contributed by atoms with Gasteiger partial charge in [-0.1, -0.05) is 78.5 Å². The topological polar surface area (TPSA) is 82.1 Å². The number of aliphatic hydroxyl groups excluding tert-OH is 1. The van der Waals surface area contributed by atoms with E-state index in [0.29, 0.717) is 48.0 Å². The minimum absolute atomic E-state index is 0.0475. The molecule has 6 heteroatoms. The highest BCUT2D eigenvalue weighted by Crippen LogP contribution is 2.67. The van der Waals surface area contributed by atoms with Gasteiger partial charge in [-0.3, -0.25) is 0 Å². The van der Waals surface area contributed by atoms with Gasteiger partial charge in [0.2, 0.25) is 0 Å². The highest BCUT2D eigenvalue weighted by Gasteiger charge is 2.59. The number of fused-ring (bicyclic) bond motifs is 5. The van der Waals surface area contributed by atoms with Crippen LogP contribution in [0.4, 0.5) is 0 Å². The van der Waals surface area contributed by atoms with E-state index in [1.807, 2.05) is 0 Å². The molecule has 0 spiro atoms. The average Bonchev–Trinajstić information content (AvgIpc) is 3.43. The number of rotatable bonds is 17. The normalized spacial score (nSPS) is 33.2. The SMILES string of the molecule is C=CC(=O)OCCC(CCOC(=O)C(=C)CO)CCO[C@H]1CC[C@@]2(C)C(=CC[C@H]3[C@@H]4CC[C@H]([C@H](C)/C=C/[C@H](C)C(C)C)[C@@]4(C)CC[C@@H]32)C1. The second kappa shape index (κ2) is 17.2. The van der Waals surface area contributed by atoms with Gasteiger partial charge < -0.3 is 19.3 Å². The van der Waals surface area contributed by atoms with Crippen LogP contribution in [0.3, 0.4) is 0 Å². The van der Waals surface area contributed by atoms with Crippen LogP contribution in [0, 0.1) is 58.2 Å². The molecule has 0 aromatic heterocycles. The van der Waals surface area contributed by atoms with Crippen molar-refractivity contribution < 1.29 is 28.9 Å². The number of carbonyl (C=O) groups excluding carboxylic acids is 2. The molecule has 48 heavy (non-hydrogen) atoms. The van der Waals surface area contributed by atoms with Crippen LogP contribution in [-0.2, 0) is 23.8 Å². The zero-order valence-corrected chi connectivity index (χ0v) is 31.0. The van der Waals surface area contributed by atoms with Crippen molar-refractivity contribution in [3.05, 3.63) is 48.6 Å². The summed E-state index contributed by atoms with van der Waals surface area (Å²) < 4.78 is 17.0. The number of aliphatic hydroxyl groups is 1. The Bertz CT molecular complexity index is 1180. The molecule has 1 N–H and O–H groups in total. The summed E-state index contributed by atoms with van der Waals surface area (Å²) in [4.78, 5) is 23.5. The predicted octanol–water partition coefficient (Wildman–Crippen LogP) is 9.04. The first-order chi connectivity index (χ1) is 22.8. The minimum atomic E-state index is -0.576. The fourth-order valence-corrected chi connectivity index (χ4v) is 10.1. The number of allylic oxidation sites excluding steroid dienone is 3. The molecular weight excluding hydrogens is 600 g/mol. The summed E-state index contributed by atoms with van der Waals surface area (Å²) in [5.41, 5.74) is 2.44. The molecule has 1 unspecified atom stereocenters. The van der Waals surface area contributed by atoms with Gasteiger partial charge in [-0.2, -0.15) is 0 Å². The van der Waals surface area contributed by atoms with E-state index in [1.165, 1.54) is 44.6 Å². The van der Waals surface area contributed by atoms with Crippen LogP contribution in [0.5, 0.6) is 0 Å². The second-order valence-corrected chi connectivity index (χ2v) is 16.6. The van der Waals surface area contributed by atoms with Crippen molar-refractivity contribution in [1.82, 2.24) is 0 Å². The maximum absolute atomic E-state index is 11.9. The summed E-state index contributed by atoms with van der Waals surface area (Å²) in [5.74, 6) is 4.38. The largest absolute Gasteiger partial charge is 0.463 e. The monoisotopic (exact) mass is 666 g/mol. The van der Waals surface area contributed by atoms with Gasteiger partial charge in [-0.05, 0) is 129 Å². The van der Waals surface area contributed by atoms with Crippen molar-refractivity contribution in [2.24, 2.45) is 58.2 Å². The van der Waals surface area contributed by atoms with Gasteiger partial charge in [0.25, 0.3) is 0 Å². The van der Waals surface area contributed by atoms with Crippen LogP contribution >= 0.6 is 0 Å². The van der Waals surface area contributed by atoms with E-state index in [1.54, 1.807) is 5.57 Å². The Morgan fingerprint density at radius 3 is 2.35 bits per heavy atom. The lowest BCUT2D eigenvalue weighted by Gasteiger charge is -2.58. The van der Waals surface area contributed by atoms with Gasteiger partial charge in [-0.15, -0.1) is 0 Å². The van der Waals surface area contributed by atoms with Crippen LogP contribution in [-0.4, -0.2) is 49.6 Å². The molecule has 0 radical (unpaired) electrons. The first-order valence-corrected chi connectivity index (χ1v) is 19.1. The Kier molecular flexibility index (Phi) is 13.8. The Balaban J connectivity index is 1.31. The van der Waals surface area contributed by atoms with Gasteiger partial charge in [0, 0.05) is 12.7 Å². The average molecular weight is 667 g/mol. The van der Waals surface area contributed by atoms with Crippen LogP contribution in [0.15, 0.2) is 48.6 Å². The van der Waals surface area contributed by atoms with E-state index in [4.69, 9.17) is 19.3 Å². The molecular formula is C42H66O6. The lowest BCUT2D eigenvalue weighted by molar-refractivity contribution is -0.139. The molecule has 3 fully saturated rings. The number of esters is 2. The molecule has 3 saturated carbocycles. The molecule has 0 aromatic rings. The molecule has 6 nitrogen and oxygen atoms in total. The van der Waals surface area contributed by atoms with Crippen molar-refractivity contribution in [3.63, 3.8) is 0 Å². The quantitative estimate of drug-likeness (QED) is 0.0948. The summed E-state index contributed by atoms with van der Waals surface area (Å²) in [7, 11) is 0. The Morgan fingerprint density at radius 2 is 1.67 bits per heavy atom. The van der Waals surface area contributed by atoms with E-state index in [2.05, 4.69) is 72.9 Å². The number of carbonyl (C=O) groups is 2. The van der Waals surface area contributed by atoms with E-state index in [0.717, 1.165) is 42.9 Å². The maximum Gasteiger partial charge on any atom is 0.335 e. The third-order valence-corrected chi connectivity index (χ3v) is 13.6. The first-order valence-electron chi connectivity index (χ1n) is 19.1. The molecule has 4 aliphatic rings. The van der Waals surface area contributed by atoms with Gasteiger partial charge >= 0.3 is 11.9 Å². The molecule has 270 valence electrons. The molecule has 4 aliphatic carbocycles. The van der Waals surface area contributed by atoms with Crippen LogP contribution < -0.4 is 0 Å². The molecule has 10 atom stereocenters. The molecule has 0 aliphatic heterocycles. The summed E-state index contributed by atoms with van der Waals surface area (Å²) in [6, 6.07) is 0. The third-order valence-electron chi connectivity index (χ3n) is 13.6. The predicted molar refractivity (Wildman–Crippen MR) is 193 cm³/mol. The van der Waals surface area contributed by atoms with Crippen molar-refractivity contribution in [1.29, 1.82) is 0 Å². The smallest absolute Gasteiger partial charge is 0.335 e. The molecule has 4 rings (SSSR count). The lowest BCUT2D eigenvalue weighted by Crippen LogP contribution is -2.51. The number of hydrogen-bond acceptors (Lipinski definition) is 6. The van der Waals surface area contributed by atoms with Crippen LogP contribution in [0.1, 0.15) is 112 Å². The number of ether oxygens (including phenoxy) is 3. The van der Waals surface area contributed by atoms with E-state index in [-0.39, 0.29) is 30.8 Å². The molecule has 0 aromatic carbocycles. The fraction of sp³-hybridized carbons (Fsp3) is 0.762. The third kappa shape index (κ3) is 8.94. The number of hydrogen-bond donors (Lipinski definition) is 1. The second-order valence-electron chi connectivity index (χ2n) is 16.6. The van der Waals surface area contributed by atoms with E-state index in [9.17, 15) is 9.59 Å². The summed E-state index contributed by atoms with van der Waals surface area (Å²) >= 11 is 0. The summed E-state index contributed by atoms with van der Waals surface area (Å²) in [6.07, 6.45) is 21.2. The van der Waals surface area contributed by atoms with Gasteiger partial charge in [0.15, 0.2) is 0 Å². The van der Waals surface area contributed by atoms with Crippen LogP contribution in [0.25, 0.3) is 0 Å². The zero-order chi connectivity index (χ0) is 35.1. The van der Waals surface area contributed by atoms with Gasteiger partial charge in [0.05, 0.1) is 31.5 Å². The van der Waals surface area contributed by atoms with E-state index < -0.39 is 18.5 Å². The standard InChI is InChI=1S/C42H66O6/c1-9-39(44)47-24-19-32(20-25-48-40(45)31(6)27-43)18-23-46-34-16-21-41(7)33(26-34)12-13-35-37-15-14-36(42(37,8)22-17-38(35)41)30(5)11-10-29(4)28(2)3/h9-12,28-30,32,34-38,43H,1,6,13-27H2,2-5,7-8H3/b11-10+/t29-,30+,32?,34-,35-,36+,37-,38-,41-,42+/m0/s1. The van der Waals surface area contributed by atoms with Crippen molar-refractivity contribution in [2.75, 3.05) is 26.4 Å². The zero-order valence-electron chi connectivity index (χ0n) is 31.0. The Hall–Kier alpha value is -2.18. The summed E-state index contributed by atoms with van der Waals surface area (Å²) in [5, 5.41) is 9.13. The minimum Gasteiger partial charge on any atom is -0.463 e.